The van der Waals surface area contributed by atoms with Gasteiger partial charge in [0.05, 0.1) is 5.60 Å². The second-order valence-corrected chi connectivity index (χ2v) is 5.31. The van der Waals surface area contributed by atoms with E-state index in [1.807, 2.05) is 11.8 Å². The average molecular weight is 264 g/mol. The van der Waals surface area contributed by atoms with E-state index in [1.54, 1.807) is 19.2 Å². The summed E-state index contributed by atoms with van der Waals surface area (Å²) in [5.41, 5.74) is 0.843. The molecular weight excluding hydrogens is 244 g/mol. The minimum absolute atomic E-state index is 0.237. The summed E-state index contributed by atoms with van der Waals surface area (Å²) in [5, 5.41) is 9.28. The number of carbonyl (C=O) groups is 1. The minimum atomic E-state index is -0.938. The highest BCUT2D eigenvalue weighted by atomic mass is 16.5. The molecule has 2 heterocycles. The number of carboxylic acid groups (broad SMARTS) is 1. The first-order valence-corrected chi connectivity index (χ1v) is 6.46. The number of hydrogen-bond acceptors (Lipinski definition) is 4. The number of aromatic nitrogens is 1. The van der Waals surface area contributed by atoms with Crippen LogP contribution >= 0.6 is 0 Å². The molecule has 1 aromatic heterocycles. The van der Waals surface area contributed by atoms with Crippen molar-refractivity contribution in [1.82, 2.24) is 4.98 Å². The van der Waals surface area contributed by atoms with Crippen LogP contribution in [0.4, 0.5) is 5.82 Å². The van der Waals surface area contributed by atoms with Gasteiger partial charge in [-0.15, -0.1) is 0 Å². The van der Waals surface area contributed by atoms with Crippen molar-refractivity contribution in [3.05, 3.63) is 23.4 Å². The van der Waals surface area contributed by atoms with Crippen molar-refractivity contribution in [3.8, 4) is 0 Å². The molecule has 5 nitrogen and oxygen atoms in total. The Morgan fingerprint density at radius 2 is 2.26 bits per heavy atom. The van der Waals surface area contributed by atoms with Gasteiger partial charge in [-0.2, -0.15) is 0 Å². The molecule has 1 aromatic rings. The van der Waals surface area contributed by atoms with Crippen LogP contribution in [0.15, 0.2) is 12.1 Å². The topological polar surface area (TPSA) is 62.7 Å². The zero-order chi connectivity index (χ0) is 14.0. The molecule has 1 unspecified atom stereocenters. The number of aromatic carboxylic acids is 1. The van der Waals surface area contributed by atoms with Crippen molar-refractivity contribution in [2.45, 2.75) is 32.3 Å². The van der Waals surface area contributed by atoms with Crippen molar-refractivity contribution in [2.24, 2.45) is 0 Å². The first-order valence-electron chi connectivity index (χ1n) is 6.46. The van der Waals surface area contributed by atoms with Gasteiger partial charge < -0.3 is 14.7 Å². The summed E-state index contributed by atoms with van der Waals surface area (Å²) in [6, 6.07) is 3.35. The zero-order valence-corrected chi connectivity index (χ0v) is 11.6. The summed E-state index contributed by atoms with van der Waals surface area (Å²) in [7, 11) is 1.70. The number of carboxylic acids is 1. The Morgan fingerprint density at radius 1 is 1.53 bits per heavy atom. The van der Waals surface area contributed by atoms with Gasteiger partial charge in [-0.25, -0.2) is 9.78 Å². The van der Waals surface area contributed by atoms with Gasteiger partial charge in [0.15, 0.2) is 0 Å². The molecule has 104 valence electrons. The summed E-state index contributed by atoms with van der Waals surface area (Å²) >= 11 is 0. The van der Waals surface area contributed by atoms with Crippen LogP contribution in [0.25, 0.3) is 0 Å². The average Bonchev–Trinajstić information content (AvgIpc) is 2.38. The molecule has 0 bridgehead atoms. The highest BCUT2D eigenvalue weighted by Gasteiger charge is 2.32. The van der Waals surface area contributed by atoms with Crippen LogP contribution in [0.5, 0.6) is 0 Å². The van der Waals surface area contributed by atoms with Gasteiger partial charge in [-0.3, -0.25) is 0 Å². The Morgan fingerprint density at radius 3 is 2.89 bits per heavy atom. The second-order valence-electron chi connectivity index (χ2n) is 5.31. The number of pyridine rings is 1. The van der Waals surface area contributed by atoms with E-state index >= 15 is 0 Å². The standard InChI is InChI=1S/C14H20N2O3/c1-10-5-6-11(13(17)18)12(15-10)16-8-4-7-14(2,9-16)19-3/h5-6H,4,7-9H2,1-3H3,(H,17,18). The molecule has 2 rings (SSSR count). The molecule has 1 saturated heterocycles. The largest absolute Gasteiger partial charge is 0.478 e. The van der Waals surface area contributed by atoms with E-state index < -0.39 is 5.97 Å². The lowest BCUT2D eigenvalue weighted by atomic mass is 9.94. The predicted octanol–water partition coefficient (Wildman–Crippen LogP) is 2.09. The lowest BCUT2D eigenvalue weighted by Crippen LogP contribution is -2.48. The van der Waals surface area contributed by atoms with E-state index in [2.05, 4.69) is 11.9 Å². The minimum Gasteiger partial charge on any atom is -0.478 e. The number of methoxy groups -OCH3 is 1. The molecular formula is C14H20N2O3. The van der Waals surface area contributed by atoms with Crippen molar-refractivity contribution in [2.75, 3.05) is 25.1 Å². The summed E-state index contributed by atoms with van der Waals surface area (Å²) in [6.45, 7) is 5.40. The van der Waals surface area contributed by atoms with Crippen LogP contribution in [0.1, 0.15) is 35.8 Å². The summed E-state index contributed by atoms with van der Waals surface area (Å²) < 4.78 is 5.54. The van der Waals surface area contributed by atoms with Crippen molar-refractivity contribution in [1.29, 1.82) is 0 Å². The van der Waals surface area contributed by atoms with Gasteiger partial charge in [-0.05, 0) is 38.8 Å². The van der Waals surface area contributed by atoms with E-state index in [0.717, 1.165) is 25.1 Å². The van der Waals surface area contributed by atoms with Crippen molar-refractivity contribution in [3.63, 3.8) is 0 Å². The van der Waals surface area contributed by atoms with E-state index in [9.17, 15) is 9.90 Å². The number of aryl methyl sites for hydroxylation is 1. The maximum absolute atomic E-state index is 11.3. The molecule has 19 heavy (non-hydrogen) atoms. The third-order valence-electron chi connectivity index (χ3n) is 3.70. The number of rotatable bonds is 3. The van der Waals surface area contributed by atoms with Gasteiger partial charge >= 0.3 is 5.97 Å². The van der Waals surface area contributed by atoms with Crippen molar-refractivity contribution >= 4 is 11.8 Å². The van der Waals surface area contributed by atoms with Crippen LogP contribution in [0, 0.1) is 6.92 Å². The SMILES string of the molecule is COC1(C)CCCN(c2nc(C)ccc2C(=O)O)C1. The van der Waals surface area contributed by atoms with Gasteiger partial charge in [0.25, 0.3) is 0 Å². The molecule has 0 radical (unpaired) electrons. The highest BCUT2D eigenvalue weighted by Crippen LogP contribution is 2.29. The van der Waals surface area contributed by atoms with Crippen LogP contribution in [0.2, 0.25) is 0 Å². The quantitative estimate of drug-likeness (QED) is 0.905. The van der Waals surface area contributed by atoms with E-state index in [-0.39, 0.29) is 11.2 Å². The fraction of sp³-hybridized carbons (Fsp3) is 0.571. The van der Waals surface area contributed by atoms with E-state index in [1.165, 1.54) is 0 Å². The maximum atomic E-state index is 11.3. The normalized spacial score (nSPS) is 23.4. The second kappa shape index (κ2) is 5.17. The van der Waals surface area contributed by atoms with E-state index in [0.29, 0.717) is 12.4 Å². The monoisotopic (exact) mass is 264 g/mol. The Labute approximate surface area is 113 Å². The molecule has 0 amide bonds. The van der Waals surface area contributed by atoms with Crippen LogP contribution < -0.4 is 4.90 Å². The third-order valence-corrected chi connectivity index (χ3v) is 3.70. The van der Waals surface area contributed by atoms with Gasteiger partial charge in [0, 0.05) is 25.9 Å². The molecule has 0 aliphatic carbocycles. The molecule has 5 heteroatoms. The first-order chi connectivity index (χ1) is 8.95. The molecule has 0 aromatic carbocycles. The Hall–Kier alpha value is -1.62. The summed E-state index contributed by atoms with van der Waals surface area (Å²) in [6.07, 6.45) is 1.95. The molecule has 1 atom stereocenters. The molecule has 1 N–H and O–H groups in total. The van der Waals surface area contributed by atoms with Crippen molar-refractivity contribution < 1.29 is 14.6 Å². The molecule has 0 saturated carbocycles. The lowest BCUT2D eigenvalue weighted by Gasteiger charge is -2.40. The Balaban J connectivity index is 2.35. The van der Waals surface area contributed by atoms with Crippen LogP contribution in [-0.4, -0.2) is 41.9 Å². The molecule has 0 spiro atoms. The van der Waals surface area contributed by atoms with Gasteiger partial charge in [-0.1, -0.05) is 0 Å². The number of ether oxygens (including phenoxy) is 1. The third kappa shape index (κ3) is 2.87. The predicted molar refractivity (Wildman–Crippen MR) is 72.8 cm³/mol. The molecule has 1 aliphatic rings. The summed E-state index contributed by atoms with van der Waals surface area (Å²) in [4.78, 5) is 17.7. The number of anilines is 1. The summed E-state index contributed by atoms with van der Waals surface area (Å²) in [5.74, 6) is -0.386. The molecule has 1 aliphatic heterocycles. The first kappa shape index (κ1) is 13.8. The van der Waals surface area contributed by atoms with E-state index in [4.69, 9.17) is 4.74 Å². The van der Waals surface area contributed by atoms with Gasteiger partial charge in [0.2, 0.25) is 0 Å². The highest BCUT2D eigenvalue weighted by molar-refractivity contribution is 5.93. The zero-order valence-electron chi connectivity index (χ0n) is 11.6. The maximum Gasteiger partial charge on any atom is 0.339 e. The lowest BCUT2D eigenvalue weighted by molar-refractivity contribution is -0.00489. The molecule has 1 fully saturated rings. The van der Waals surface area contributed by atoms with Gasteiger partial charge in [0.1, 0.15) is 11.4 Å². The van der Waals surface area contributed by atoms with Crippen LogP contribution in [-0.2, 0) is 4.74 Å². The Bertz CT molecular complexity index is 490. The smallest absolute Gasteiger partial charge is 0.339 e. The number of piperidine rings is 1. The Kier molecular flexibility index (Phi) is 3.75. The number of hydrogen-bond donors (Lipinski definition) is 1. The number of nitrogens with zero attached hydrogens (tertiary/aromatic N) is 2. The van der Waals surface area contributed by atoms with Crippen LogP contribution in [0.3, 0.4) is 0 Å². The fourth-order valence-corrected chi connectivity index (χ4v) is 2.50. The fourth-order valence-electron chi connectivity index (χ4n) is 2.50.